The highest BCUT2D eigenvalue weighted by Gasteiger charge is 2.35. The maximum absolute atomic E-state index is 13.1. The molecule has 1 saturated carbocycles. The van der Waals surface area contributed by atoms with E-state index in [0.717, 1.165) is 12.3 Å². The van der Waals surface area contributed by atoms with Crippen LogP contribution in [0.25, 0.3) is 10.9 Å². The van der Waals surface area contributed by atoms with Crippen LogP contribution in [0.1, 0.15) is 64.1 Å². The first-order valence-electron chi connectivity index (χ1n) is 11.5. The number of fused-ring (bicyclic) bond motifs is 1. The summed E-state index contributed by atoms with van der Waals surface area (Å²) in [7, 11) is 0. The Kier molecular flexibility index (Phi) is 6.23. The summed E-state index contributed by atoms with van der Waals surface area (Å²) in [5.74, 6) is 1.63. The lowest BCUT2D eigenvalue weighted by atomic mass is 9.90. The zero-order valence-corrected chi connectivity index (χ0v) is 18.0. The van der Waals surface area contributed by atoms with E-state index in [1.807, 2.05) is 30.0 Å². The topological polar surface area (TPSA) is 75.4 Å². The van der Waals surface area contributed by atoms with Crippen LogP contribution in [0.4, 0.5) is 0 Å². The highest BCUT2D eigenvalue weighted by molar-refractivity contribution is 5.77. The molecule has 1 saturated heterocycles. The number of rotatable bonds is 6. The summed E-state index contributed by atoms with van der Waals surface area (Å²) in [6.45, 7) is 3.31. The molecule has 0 radical (unpaired) electrons. The number of carbonyl (C=O) groups excluding carboxylic acids is 1. The third-order valence-electron chi connectivity index (χ3n) is 7.00. The molecule has 0 atom stereocenters. The number of aliphatic hydroxyl groups is 1. The van der Waals surface area contributed by atoms with Crippen LogP contribution in [0.15, 0.2) is 29.1 Å². The van der Waals surface area contributed by atoms with Crippen LogP contribution in [-0.4, -0.2) is 44.2 Å². The Labute approximate surface area is 177 Å². The van der Waals surface area contributed by atoms with Crippen molar-refractivity contribution in [2.45, 2.75) is 76.9 Å². The molecule has 0 spiro atoms. The van der Waals surface area contributed by atoms with Crippen LogP contribution in [-0.2, 0) is 17.8 Å². The van der Waals surface area contributed by atoms with E-state index in [4.69, 9.17) is 0 Å². The van der Waals surface area contributed by atoms with Crippen molar-refractivity contribution in [3.8, 4) is 0 Å². The molecule has 0 unspecified atom stereocenters. The Morgan fingerprint density at radius 1 is 1.20 bits per heavy atom. The Hall–Kier alpha value is -2.21. The smallest absolute Gasteiger partial charge is 0.261 e. The monoisotopic (exact) mass is 411 g/mol. The molecular weight excluding hydrogens is 378 g/mol. The molecule has 6 heteroatoms. The second-order valence-corrected chi connectivity index (χ2v) is 9.08. The number of para-hydroxylation sites is 1. The fraction of sp³-hybridized carbons (Fsp3) is 0.625. The summed E-state index contributed by atoms with van der Waals surface area (Å²) < 4.78 is 1.64. The predicted octanol–water partition coefficient (Wildman–Crippen LogP) is 3.28. The second kappa shape index (κ2) is 8.88. The summed E-state index contributed by atoms with van der Waals surface area (Å²) in [5.41, 5.74) is -0.383. The van der Waals surface area contributed by atoms with E-state index >= 15 is 0 Å². The first-order valence-corrected chi connectivity index (χ1v) is 11.5. The molecule has 4 rings (SSSR count). The molecule has 1 N–H and O–H groups in total. The van der Waals surface area contributed by atoms with Gasteiger partial charge in [0.2, 0.25) is 5.91 Å². The Morgan fingerprint density at radius 3 is 2.60 bits per heavy atom. The molecule has 1 aliphatic heterocycles. The summed E-state index contributed by atoms with van der Waals surface area (Å²) in [5, 5.41) is 11.8. The van der Waals surface area contributed by atoms with Gasteiger partial charge in [-0.2, -0.15) is 0 Å². The van der Waals surface area contributed by atoms with Crippen LogP contribution in [0.5, 0.6) is 0 Å². The lowest BCUT2D eigenvalue weighted by molar-refractivity contribution is -0.136. The van der Waals surface area contributed by atoms with Gasteiger partial charge in [-0.3, -0.25) is 14.2 Å². The van der Waals surface area contributed by atoms with E-state index in [-0.39, 0.29) is 18.0 Å². The number of benzene rings is 1. The SMILES string of the molecule is CCc1nc2ccccc2c(=O)n1CC1(O)CCN(C(=O)CCC2CCCC2)CC1. The van der Waals surface area contributed by atoms with Crippen molar-refractivity contribution in [1.29, 1.82) is 0 Å². The molecule has 2 aliphatic rings. The highest BCUT2D eigenvalue weighted by atomic mass is 16.3. The predicted molar refractivity (Wildman–Crippen MR) is 117 cm³/mol. The van der Waals surface area contributed by atoms with Crippen molar-refractivity contribution in [2.75, 3.05) is 13.1 Å². The molecule has 0 bridgehead atoms. The van der Waals surface area contributed by atoms with Gasteiger partial charge in [-0.05, 0) is 37.3 Å². The van der Waals surface area contributed by atoms with Gasteiger partial charge < -0.3 is 10.0 Å². The van der Waals surface area contributed by atoms with E-state index < -0.39 is 5.60 Å². The maximum Gasteiger partial charge on any atom is 0.261 e. The van der Waals surface area contributed by atoms with Gasteiger partial charge in [0.1, 0.15) is 5.82 Å². The molecule has 1 aromatic heterocycles. The number of carbonyl (C=O) groups is 1. The summed E-state index contributed by atoms with van der Waals surface area (Å²) in [6, 6.07) is 7.36. The van der Waals surface area contributed by atoms with Crippen LogP contribution in [0.2, 0.25) is 0 Å². The van der Waals surface area contributed by atoms with Gasteiger partial charge in [0.25, 0.3) is 5.56 Å². The Bertz CT molecular complexity index is 954. The van der Waals surface area contributed by atoms with E-state index in [1.165, 1.54) is 25.7 Å². The number of nitrogens with zero attached hydrogens (tertiary/aromatic N) is 3. The number of amides is 1. The molecule has 1 aromatic carbocycles. The summed E-state index contributed by atoms with van der Waals surface area (Å²) >= 11 is 0. The quantitative estimate of drug-likeness (QED) is 0.792. The number of aryl methyl sites for hydroxylation is 1. The van der Waals surface area contributed by atoms with Gasteiger partial charge in [0.05, 0.1) is 23.0 Å². The van der Waals surface area contributed by atoms with Crippen molar-refractivity contribution in [3.05, 3.63) is 40.4 Å². The zero-order valence-electron chi connectivity index (χ0n) is 18.0. The standard InChI is InChI=1S/C24H33N3O3/c1-2-21-25-20-10-6-5-9-19(20)23(29)27(21)17-24(30)13-15-26(16-14-24)22(28)12-11-18-7-3-4-8-18/h5-6,9-10,18,30H,2-4,7-8,11-17H2,1H3. The van der Waals surface area contributed by atoms with Crippen LogP contribution < -0.4 is 5.56 Å². The lowest BCUT2D eigenvalue weighted by Gasteiger charge is -2.39. The largest absolute Gasteiger partial charge is 0.388 e. The molecule has 2 aromatic rings. The van der Waals surface area contributed by atoms with E-state index in [1.54, 1.807) is 10.6 Å². The number of hydrogen-bond donors (Lipinski definition) is 1. The average molecular weight is 412 g/mol. The van der Waals surface area contributed by atoms with Crippen molar-refractivity contribution >= 4 is 16.8 Å². The van der Waals surface area contributed by atoms with Crippen molar-refractivity contribution in [2.24, 2.45) is 5.92 Å². The van der Waals surface area contributed by atoms with Gasteiger partial charge in [0, 0.05) is 25.9 Å². The maximum atomic E-state index is 13.1. The Balaban J connectivity index is 1.42. The third-order valence-corrected chi connectivity index (χ3v) is 7.00. The average Bonchev–Trinajstić information content (AvgIpc) is 3.28. The zero-order chi connectivity index (χ0) is 21.1. The number of piperidine rings is 1. The molecule has 1 amide bonds. The van der Waals surface area contributed by atoms with Gasteiger partial charge >= 0.3 is 0 Å². The fourth-order valence-corrected chi connectivity index (χ4v) is 5.06. The van der Waals surface area contributed by atoms with E-state index in [2.05, 4.69) is 4.98 Å². The molecule has 2 heterocycles. The summed E-state index contributed by atoms with van der Waals surface area (Å²) in [6.07, 6.45) is 8.37. The fourth-order valence-electron chi connectivity index (χ4n) is 5.06. The second-order valence-electron chi connectivity index (χ2n) is 9.08. The highest BCUT2D eigenvalue weighted by Crippen LogP contribution is 2.30. The van der Waals surface area contributed by atoms with Crippen molar-refractivity contribution in [1.82, 2.24) is 14.5 Å². The Morgan fingerprint density at radius 2 is 1.90 bits per heavy atom. The van der Waals surface area contributed by atoms with E-state index in [0.29, 0.717) is 55.5 Å². The molecule has 1 aliphatic carbocycles. The summed E-state index contributed by atoms with van der Waals surface area (Å²) in [4.78, 5) is 32.2. The molecule has 6 nitrogen and oxygen atoms in total. The van der Waals surface area contributed by atoms with Crippen LogP contribution >= 0.6 is 0 Å². The third kappa shape index (κ3) is 4.43. The number of likely N-dealkylation sites (tertiary alicyclic amines) is 1. The van der Waals surface area contributed by atoms with Crippen molar-refractivity contribution in [3.63, 3.8) is 0 Å². The number of hydrogen-bond acceptors (Lipinski definition) is 4. The molecular formula is C24H33N3O3. The van der Waals surface area contributed by atoms with Crippen LogP contribution in [0.3, 0.4) is 0 Å². The normalized spacial score (nSPS) is 19.5. The van der Waals surface area contributed by atoms with E-state index in [9.17, 15) is 14.7 Å². The minimum absolute atomic E-state index is 0.0963. The molecule has 30 heavy (non-hydrogen) atoms. The van der Waals surface area contributed by atoms with Gasteiger partial charge in [-0.25, -0.2) is 4.98 Å². The minimum atomic E-state index is -0.986. The lowest BCUT2D eigenvalue weighted by Crippen LogP contribution is -2.50. The van der Waals surface area contributed by atoms with Gasteiger partial charge in [0.15, 0.2) is 0 Å². The van der Waals surface area contributed by atoms with Crippen LogP contribution in [0, 0.1) is 5.92 Å². The van der Waals surface area contributed by atoms with Crippen molar-refractivity contribution < 1.29 is 9.90 Å². The van der Waals surface area contributed by atoms with Gasteiger partial charge in [-0.15, -0.1) is 0 Å². The number of aromatic nitrogens is 2. The minimum Gasteiger partial charge on any atom is -0.388 e. The first kappa shape index (κ1) is 21.0. The van der Waals surface area contributed by atoms with Gasteiger partial charge in [-0.1, -0.05) is 44.7 Å². The molecule has 162 valence electrons. The molecule has 2 fully saturated rings. The first-order chi connectivity index (χ1) is 14.5.